The van der Waals surface area contributed by atoms with Crippen molar-refractivity contribution in [3.05, 3.63) is 27.8 Å². The molecule has 0 spiro atoms. The van der Waals surface area contributed by atoms with Crippen LogP contribution < -0.4 is 0 Å². The fraction of sp³-hybridized carbons (Fsp3) is 0. The molecule has 0 aliphatic rings. The molecule has 0 bridgehead atoms. The lowest BCUT2D eigenvalue weighted by molar-refractivity contribution is -0.383. The number of hydrogen-bond acceptors (Lipinski definition) is 4. The molecule has 0 amide bonds. The van der Waals surface area contributed by atoms with Crippen LogP contribution in [0.3, 0.4) is 0 Å². The molecule has 0 aliphatic carbocycles. The number of aromatic nitrogens is 3. The molecule has 66 valence electrons. The predicted molar refractivity (Wildman–Crippen MR) is 45.6 cm³/mol. The van der Waals surface area contributed by atoms with E-state index < -0.39 is 4.92 Å². The van der Waals surface area contributed by atoms with Gasteiger partial charge in [0, 0.05) is 6.20 Å². The van der Waals surface area contributed by atoms with Crippen LogP contribution >= 0.6 is 11.6 Å². The van der Waals surface area contributed by atoms with Crippen molar-refractivity contribution in [3.8, 4) is 0 Å². The van der Waals surface area contributed by atoms with Crippen LogP contribution in [0.15, 0.2) is 12.4 Å². The molecule has 0 aromatic carbocycles. The molecule has 0 saturated heterocycles. The normalized spacial score (nSPS) is 10.5. The van der Waals surface area contributed by atoms with Gasteiger partial charge in [-0.05, 0) is 11.6 Å². The van der Waals surface area contributed by atoms with Gasteiger partial charge in [-0.25, -0.2) is 4.98 Å². The lowest BCUT2D eigenvalue weighted by Crippen LogP contribution is -1.86. The van der Waals surface area contributed by atoms with Crippen molar-refractivity contribution < 1.29 is 4.92 Å². The fourth-order valence-electron chi connectivity index (χ4n) is 1.02. The van der Waals surface area contributed by atoms with E-state index in [1.165, 1.54) is 12.4 Å². The van der Waals surface area contributed by atoms with Crippen LogP contribution in [0.5, 0.6) is 0 Å². The molecule has 2 aromatic heterocycles. The van der Waals surface area contributed by atoms with Gasteiger partial charge in [0.2, 0.25) is 5.28 Å². The quantitative estimate of drug-likeness (QED) is 0.428. The Kier molecular flexibility index (Phi) is 1.63. The Hall–Kier alpha value is -1.69. The molecule has 2 aromatic rings. The monoisotopic (exact) mass is 198 g/mol. The number of nitrogens with one attached hydrogen (secondary N) is 1. The molecule has 13 heavy (non-hydrogen) atoms. The van der Waals surface area contributed by atoms with E-state index in [2.05, 4.69) is 15.0 Å². The molecule has 1 N–H and O–H groups in total. The smallest absolute Gasteiger partial charge is 0.297 e. The van der Waals surface area contributed by atoms with Crippen molar-refractivity contribution in [2.24, 2.45) is 0 Å². The number of aromatic amines is 1. The summed E-state index contributed by atoms with van der Waals surface area (Å²) in [5.74, 6) is 0. The molecule has 2 rings (SSSR count). The Morgan fingerprint density at radius 1 is 1.62 bits per heavy atom. The molecule has 0 radical (unpaired) electrons. The van der Waals surface area contributed by atoms with Gasteiger partial charge in [0.1, 0.15) is 11.0 Å². The maximum atomic E-state index is 10.5. The number of hydrogen-bond donors (Lipinski definition) is 1. The van der Waals surface area contributed by atoms with E-state index in [0.717, 1.165) is 0 Å². The zero-order valence-corrected chi connectivity index (χ0v) is 6.95. The van der Waals surface area contributed by atoms with Crippen LogP contribution in [0.1, 0.15) is 0 Å². The summed E-state index contributed by atoms with van der Waals surface area (Å²) in [6.07, 6.45) is 2.58. The number of nitro groups is 1. The SMILES string of the molecule is O=[N+]([O-])c1c[nH]c2nc(Cl)ncc12. The van der Waals surface area contributed by atoms with Gasteiger partial charge < -0.3 is 4.98 Å². The highest BCUT2D eigenvalue weighted by Gasteiger charge is 2.14. The first-order valence-corrected chi connectivity index (χ1v) is 3.70. The summed E-state index contributed by atoms with van der Waals surface area (Å²) < 4.78 is 0. The highest BCUT2D eigenvalue weighted by Crippen LogP contribution is 2.23. The largest absolute Gasteiger partial charge is 0.340 e. The number of H-pyrrole nitrogens is 1. The van der Waals surface area contributed by atoms with E-state index in [1.807, 2.05) is 0 Å². The molecule has 0 unspecified atom stereocenters. The number of halogens is 1. The average molecular weight is 199 g/mol. The van der Waals surface area contributed by atoms with Gasteiger partial charge in [-0.2, -0.15) is 4.98 Å². The van der Waals surface area contributed by atoms with Gasteiger partial charge in [-0.15, -0.1) is 0 Å². The molecule has 0 aliphatic heterocycles. The van der Waals surface area contributed by atoms with Gasteiger partial charge in [-0.3, -0.25) is 10.1 Å². The van der Waals surface area contributed by atoms with Crippen LogP contribution in [-0.2, 0) is 0 Å². The van der Waals surface area contributed by atoms with Crippen LogP contribution in [0.25, 0.3) is 11.0 Å². The number of nitrogens with zero attached hydrogens (tertiary/aromatic N) is 3. The Bertz CT molecular complexity index is 480. The Morgan fingerprint density at radius 2 is 2.38 bits per heavy atom. The molecule has 7 heteroatoms. The van der Waals surface area contributed by atoms with Crippen LogP contribution in [0.2, 0.25) is 5.28 Å². The number of fused-ring (bicyclic) bond motifs is 1. The summed E-state index contributed by atoms with van der Waals surface area (Å²) >= 11 is 5.50. The first kappa shape index (κ1) is 7.93. The highest BCUT2D eigenvalue weighted by atomic mass is 35.5. The standard InChI is InChI=1S/C6H3ClN4O2/c7-6-9-1-3-4(11(12)13)2-8-5(3)10-6/h1-2H,(H,8,9,10). The molecule has 6 nitrogen and oxygen atoms in total. The average Bonchev–Trinajstić information content (AvgIpc) is 2.46. The lowest BCUT2D eigenvalue weighted by Gasteiger charge is -1.88. The van der Waals surface area contributed by atoms with E-state index in [0.29, 0.717) is 11.0 Å². The summed E-state index contributed by atoms with van der Waals surface area (Å²) in [4.78, 5) is 20.0. The molecular formula is C6H3ClN4O2. The maximum absolute atomic E-state index is 10.5. The van der Waals surface area contributed by atoms with Gasteiger partial charge in [0.15, 0.2) is 0 Å². The van der Waals surface area contributed by atoms with Crippen LogP contribution in [-0.4, -0.2) is 19.9 Å². The van der Waals surface area contributed by atoms with Crippen LogP contribution in [0, 0.1) is 10.1 Å². The Labute approximate surface area is 76.7 Å². The third-order valence-corrected chi connectivity index (χ3v) is 1.76. The minimum Gasteiger partial charge on any atom is -0.340 e. The number of rotatable bonds is 1. The molecular weight excluding hydrogens is 196 g/mol. The third-order valence-electron chi connectivity index (χ3n) is 1.58. The van der Waals surface area contributed by atoms with Crippen molar-refractivity contribution in [2.45, 2.75) is 0 Å². The first-order chi connectivity index (χ1) is 6.18. The van der Waals surface area contributed by atoms with Gasteiger partial charge >= 0.3 is 0 Å². The molecule has 0 fully saturated rings. The Morgan fingerprint density at radius 3 is 3.08 bits per heavy atom. The minimum absolute atomic E-state index is 0.0494. The first-order valence-electron chi connectivity index (χ1n) is 3.32. The summed E-state index contributed by atoms with van der Waals surface area (Å²) in [6.45, 7) is 0. The van der Waals surface area contributed by atoms with Crippen molar-refractivity contribution in [1.82, 2.24) is 15.0 Å². The second-order valence-corrected chi connectivity index (χ2v) is 2.67. The summed E-state index contributed by atoms with van der Waals surface area (Å²) in [6, 6.07) is 0. The highest BCUT2D eigenvalue weighted by molar-refractivity contribution is 6.28. The zero-order chi connectivity index (χ0) is 9.42. The lowest BCUT2D eigenvalue weighted by atomic mass is 10.4. The summed E-state index contributed by atoms with van der Waals surface area (Å²) in [5.41, 5.74) is 0.318. The van der Waals surface area contributed by atoms with Crippen LogP contribution in [0.4, 0.5) is 5.69 Å². The summed E-state index contributed by atoms with van der Waals surface area (Å²) in [5, 5.41) is 10.9. The van der Waals surface area contributed by atoms with Gasteiger partial charge in [-0.1, -0.05) is 0 Å². The minimum atomic E-state index is -0.504. The second-order valence-electron chi connectivity index (χ2n) is 2.33. The topological polar surface area (TPSA) is 84.7 Å². The zero-order valence-electron chi connectivity index (χ0n) is 6.19. The van der Waals surface area contributed by atoms with E-state index in [9.17, 15) is 10.1 Å². The fourth-order valence-corrected chi connectivity index (χ4v) is 1.16. The predicted octanol–water partition coefficient (Wildman–Crippen LogP) is 1.52. The van der Waals surface area contributed by atoms with E-state index >= 15 is 0 Å². The molecule has 0 atom stereocenters. The second kappa shape index (κ2) is 2.67. The molecule has 0 saturated carbocycles. The van der Waals surface area contributed by atoms with E-state index in [-0.39, 0.29) is 11.0 Å². The maximum Gasteiger partial charge on any atom is 0.297 e. The molecule has 2 heterocycles. The van der Waals surface area contributed by atoms with Crippen molar-refractivity contribution in [2.75, 3.05) is 0 Å². The van der Waals surface area contributed by atoms with E-state index in [4.69, 9.17) is 11.6 Å². The van der Waals surface area contributed by atoms with E-state index in [1.54, 1.807) is 0 Å². The van der Waals surface area contributed by atoms with Crippen molar-refractivity contribution >= 4 is 28.3 Å². The van der Waals surface area contributed by atoms with Gasteiger partial charge in [0.05, 0.1) is 11.1 Å². The third kappa shape index (κ3) is 1.20. The van der Waals surface area contributed by atoms with Gasteiger partial charge in [0.25, 0.3) is 5.69 Å². The Balaban J connectivity index is 2.76. The van der Waals surface area contributed by atoms with Crippen molar-refractivity contribution in [3.63, 3.8) is 0 Å². The summed E-state index contributed by atoms with van der Waals surface area (Å²) in [7, 11) is 0. The van der Waals surface area contributed by atoms with Crippen molar-refractivity contribution in [1.29, 1.82) is 0 Å².